The Morgan fingerprint density at radius 2 is 1.96 bits per heavy atom. The second-order valence-electron chi connectivity index (χ2n) is 7.28. The number of nitrogen functional groups attached to an aromatic ring is 1. The third-order valence-corrected chi connectivity index (χ3v) is 5.69. The number of rotatable bonds is 2. The Hall–Kier alpha value is -1.77. The van der Waals surface area contributed by atoms with Crippen LogP contribution in [0, 0.1) is 0 Å². The van der Waals surface area contributed by atoms with E-state index in [2.05, 4.69) is 15.0 Å². The first-order chi connectivity index (χ1) is 12.2. The number of nitrogens with zero attached hydrogens (tertiary/aromatic N) is 4. The van der Waals surface area contributed by atoms with Gasteiger partial charge in [0.05, 0.1) is 31.7 Å². The topological polar surface area (TPSA) is 97.3 Å². The Balaban J connectivity index is 1.31. The molecule has 1 spiro atoms. The van der Waals surface area contributed by atoms with E-state index < -0.39 is 0 Å². The minimum absolute atomic E-state index is 0.0116. The predicted octanol–water partition coefficient (Wildman–Crippen LogP) is 1.81. The molecule has 2 aromatic heterocycles. The maximum absolute atomic E-state index is 6.33. The minimum atomic E-state index is -0.353. The second kappa shape index (κ2) is 5.89. The number of imidazole rings is 1. The van der Waals surface area contributed by atoms with Crippen LogP contribution >= 0.6 is 0 Å². The summed E-state index contributed by atoms with van der Waals surface area (Å²) in [6.45, 7) is 1.24. The number of aromatic nitrogens is 4. The summed E-state index contributed by atoms with van der Waals surface area (Å²) < 4.78 is 20.5. The maximum atomic E-state index is 6.33. The lowest BCUT2D eigenvalue weighted by Gasteiger charge is -2.32. The largest absolute Gasteiger partial charge is 0.382 e. The van der Waals surface area contributed by atoms with Crippen LogP contribution in [0.25, 0.3) is 11.2 Å². The third kappa shape index (κ3) is 2.59. The molecule has 0 amide bonds. The highest BCUT2D eigenvalue weighted by Crippen LogP contribution is 2.41. The van der Waals surface area contributed by atoms with E-state index in [-0.39, 0.29) is 24.0 Å². The van der Waals surface area contributed by atoms with Gasteiger partial charge in [0, 0.05) is 12.8 Å². The minimum Gasteiger partial charge on any atom is -0.382 e. The molecule has 2 aliphatic heterocycles. The molecule has 1 saturated carbocycles. The molecular weight excluding hydrogens is 322 g/mol. The van der Waals surface area contributed by atoms with Gasteiger partial charge in [0.25, 0.3) is 0 Å². The predicted molar refractivity (Wildman–Crippen MR) is 89.8 cm³/mol. The fraction of sp³-hybridized carbons (Fsp3) is 0.706. The van der Waals surface area contributed by atoms with Gasteiger partial charge in [0.2, 0.25) is 0 Å². The van der Waals surface area contributed by atoms with Crippen molar-refractivity contribution in [3.8, 4) is 0 Å². The SMILES string of the molecule is Nc1ncnc2c1ncn2[C@@H]1CO[C@H]([C@H]2COC3(CCCCC3)O2)C1. The monoisotopic (exact) mass is 345 g/mol. The fourth-order valence-electron chi connectivity index (χ4n) is 4.34. The first-order valence-electron chi connectivity index (χ1n) is 9.10. The number of hydrogen-bond acceptors (Lipinski definition) is 7. The lowest BCUT2D eigenvalue weighted by molar-refractivity contribution is -0.196. The fourth-order valence-corrected chi connectivity index (χ4v) is 4.34. The van der Waals surface area contributed by atoms with Crippen LogP contribution in [-0.2, 0) is 14.2 Å². The van der Waals surface area contributed by atoms with Crippen LogP contribution < -0.4 is 5.73 Å². The molecule has 8 nitrogen and oxygen atoms in total. The molecule has 0 bridgehead atoms. The lowest BCUT2D eigenvalue weighted by Crippen LogP contribution is -2.35. The highest BCUT2D eigenvalue weighted by Gasteiger charge is 2.47. The molecule has 2 N–H and O–H groups in total. The highest BCUT2D eigenvalue weighted by molar-refractivity contribution is 5.81. The maximum Gasteiger partial charge on any atom is 0.169 e. The molecule has 3 atom stereocenters. The van der Waals surface area contributed by atoms with Crippen molar-refractivity contribution in [3.63, 3.8) is 0 Å². The van der Waals surface area contributed by atoms with Gasteiger partial charge in [-0.1, -0.05) is 6.42 Å². The summed E-state index contributed by atoms with van der Waals surface area (Å²) in [5.41, 5.74) is 7.28. The van der Waals surface area contributed by atoms with Crippen LogP contribution in [-0.4, -0.2) is 50.7 Å². The van der Waals surface area contributed by atoms with E-state index in [0.29, 0.717) is 24.5 Å². The van der Waals surface area contributed by atoms with E-state index in [1.807, 2.05) is 4.57 Å². The van der Waals surface area contributed by atoms with Crippen LogP contribution in [0.4, 0.5) is 5.82 Å². The van der Waals surface area contributed by atoms with Crippen molar-refractivity contribution in [3.05, 3.63) is 12.7 Å². The molecule has 3 aliphatic rings. The first-order valence-corrected chi connectivity index (χ1v) is 9.10. The number of anilines is 1. The zero-order valence-corrected chi connectivity index (χ0v) is 14.1. The van der Waals surface area contributed by atoms with Gasteiger partial charge in [0.15, 0.2) is 17.3 Å². The van der Waals surface area contributed by atoms with Crippen LogP contribution in [0.15, 0.2) is 12.7 Å². The molecule has 0 radical (unpaired) electrons. The van der Waals surface area contributed by atoms with Crippen LogP contribution in [0.5, 0.6) is 0 Å². The van der Waals surface area contributed by atoms with Crippen LogP contribution in [0.2, 0.25) is 0 Å². The molecule has 2 saturated heterocycles. The molecule has 3 fully saturated rings. The molecular formula is C17H23N5O3. The van der Waals surface area contributed by atoms with Crippen molar-refractivity contribution in [1.82, 2.24) is 19.5 Å². The number of hydrogen-bond donors (Lipinski definition) is 1. The standard InChI is InChI=1S/C17H23N5O3/c18-15-14-16(20-9-19-15)22(10-21-14)11-6-12(23-7-11)13-8-24-17(25-13)4-2-1-3-5-17/h9-13H,1-8H2,(H2,18,19,20)/t11-,12-,13+/m0/s1. The molecule has 25 heavy (non-hydrogen) atoms. The van der Waals surface area contributed by atoms with Crippen LogP contribution in [0.3, 0.4) is 0 Å². The van der Waals surface area contributed by atoms with E-state index in [1.54, 1.807) is 6.33 Å². The molecule has 4 heterocycles. The van der Waals surface area contributed by atoms with Gasteiger partial charge in [0.1, 0.15) is 17.9 Å². The van der Waals surface area contributed by atoms with Crippen molar-refractivity contribution in [1.29, 1.82) is 0 Å². The van der Waals surface area contributed by atoms with Crippen molar-refractivity contribution in [2.24, 2.45) is 0 Å². The summed E-state index contributed by atoms with van der Waals surface area (Å²) in [5.74, 6) is 0.0549. The highest BCUT2D eigenvalue weighted by atomic mass is 16.8. The Kier molecular flexibility index (Phi) is 3.65. The van der Waals surface area contributed by atoms with E-state index in [1.165, 1.54) is 25.6 Å². The number of fused-ring (bicyclic) bond motifs is 1. The molecule has 134 valence electrons. The van der Waals surface area contributed by atoms with Gasteiger partial charge in [-0.2, -0.15) is 0 Å². The number of nitrogens with two attached hydrogens (primary N) is 1. The zero-order valence-electron chi connectivity index (χ0n) is 14.1. The van der Waals surface area contributed by atoms with Crippen molar-refractivity contribution in [2.75, 3.05) is 18.9 Å². The molecule has 0 unspecified atom stereocenters. The third-order valence-electron chi connectivity index (χ3n) is 5.69. The quantitative estimate of drug-likeness (QED) is 0.886. The van der Waals surface area contributed by atoms with Crippen molar-refractivity contribution < 1.29 is 14.2 Å². The summed E-state index contributed by atoms with van der Waals surface area (Å²) >= 11 is 0. The Morgan fingerprint density at radius 1 is 1.08 bits per heavy atom. The second-order valence-corrected chi connectivity index (χ2v) is 7.28. The van der Waals surface area contributed by atoms with Crippen LogP contribution in [0.1, 0.15) is 44.6 Å². The number of ether oxygens (including phenoxy) is 3. The summed E-state index contributed by atoms with van der Waals surface area (Å²) in [7, 11) is 0. The Labute approximate surface area is 145 Å². The van der Waals surface area contributed by atoms with Gasteiger partial charge in [-0.15, -0.1) is 0 Å². The van der Waals surface area contributed by atoms with Gasteiger partial charge >= 0.3 is 0 Å². The normalized spacial score (nSPS) is 31.9. The summed E-state index contributed by atoms with van der Waals surface area (Å²) in [5, 5.41) is 0. The summed E-state index contributed by atoms with van der Waals surface area (Å²) in [4.78, 5) is 12.7. The summed E-state index contributed by atoms with van der Waals surface area (Å²) in [6, 6.07) is 0.177. The Bertz CT molecular complexity index is 773. The molecule has 0 aromatic carbocycles. The zero-order chi connectivity index (χ0) is 16.9. The average molecular weight is 345 g/mol. The first kappa shape index (κ1) is 15.5. The van der Waals surface area contributed by atoms with Gasteiger partial charge in [-0.25, -0.2) is 15.0 Å². The smallest absolute Gasteiger partial charge is 0.169 e. The Morgan fingerprint density at radius 3 is 2.84 bits per heavy atom. The average Bonchev–Trinajstić information content (AvgIpc) is 3.34. The van der Waals surface area contributed by atoms with E-state index >= 15 is 0 Å². The van der Waals surface area contributed by atoms with Gasteiger partial charge < -0.3 is 24.5 Å². The lowest BCUT2D eigenvalue weighted by atomic mass is 9.94. The molecule has 8 heteroatoms. The summed E-state index contributed by atoms with van der Waals surface area (Å²) in [6.07, 6.45) is 9.82. The van der Waals surface area contributed by atoms with E-state index in [4.69, 9.17) is 19.9 Å². The van der Waals surface area contributed by atoms with E-state index in [9.17, 15) is 0 Å². The molecule has 1 aliphatic carbocycles. The molecule has 2 aromatic rings. The van der Waals surface area contributed by atoms with E-state index in [0.717, 1.165) is 24.9 Å². The van der Waals surface area contributed by atoms with Gasteiger partial charge in [-0.05, 0) is 19.3 Å². The van der Waals surface area contributed by atoms with Crippen molar-refractivity contribution in [2.45, 2.75) is 62.6 Å². The van der Waals surface area contributed by atoms with Crippen molar-refractivity contribution >= 4 is 17.0 Å². The molecule has 5 rings (SSSR count). The van der Waals surface area contributed by atoms with Gasteiger partial charge in [-0.3, -0.25) is 0 Å².